The lowest BCUT2D eigenvalue weighted by molar-refractivity contribution is 0.0690. The van der Waals surface area contributed by atoms with Crippen LogP contribution in [0.2, 0.25) is 0 Å². The Bertz CT molecular complexity index is 348. The summed E-state index contributed by atoms with van der Waals surface area (Å²) in [5, 5.41) is 8.58. The van der Waals surface area contributed by atoms with Gasteiger partial charge in [0.05, 0.1) is 0 Å². The second-order valence-corrected chi connectivity index (χ2v) is 2.70. The fourth-order valence-corrected chi connectivity index (χ4v) is 1.14. The molecule has 1 aliphatic heterocycles. The van der Waals surface area contributed by atoms with Crippen molar-refractivity contribution in [1.82, 2.24) is 4.98 Å². The van der Waals surface area contributed by atoms with Gasteiger partial charge >= 0.3 is 5.97 Å². The minimum absolute atomic E-state index is 0.0538. The maximum absolute atomic E-state index is 10.5. The van der Waals surface area contributed by atoms with Crippen molar-refractivity contribution < 1.29 is 14.3 Å². The van der Waals surface area contributed by atoms with Crippen molar-refractivity contribution in [3.63, 3.8) is 0 Å². The molecule has 0 spiro atoms. The van der Waals surface area contributed by atoms with Gasteiger partial charge in [0.1, 0.15) is 6.26 Å². The van der Waals surface area contributed by atoms with Crippen LogP contribution >= 0.6 is 0 Å². The lowest BCUT2D eigenvalue weighted by Gasteiger charge is -2.10. The van der Waals surface area contributed by atoms with E-state index in [2.05, 4.69) is 4.98 Å². The third-order valence-corrected chi connectivity index (χ3v) is 1.80. The topological polar surface area (TPSA) is 66.6 Å². The number of rotatable bonds is 2. The smallest absolute Gasteiger partial charge is 0.357 e. The lowest BCUT2D eigenvalue weighted by Crippen LogP contribution is -2.18. The average Bonchev–Trinajstić information content (AvgIpc) is 2.75. The lowest BCUT2D eigenvalue weighted by atomic mass is 10.5. The minimum Gasteiger partial charge on any atom is -0.476 e. The monoisotopic (exact) mass is 180 g/mol. The first-order valence-corrected chi connectivity index (χ1v) is 3.86. The number of carboxylic acids is 1. The Morgan fingerprint density at radius 3 is 2.77 bits per heavy atom. The molecule has 0 atom stereocenters. The van der Waals surface area contributed by atoms with Crippen molar-refractivity contribution in [3.05, 3.63) is 24.1 Å². The number of aromatic nitrogens is 1. The van der Waals surface area contributed by atoms with E-state index in [-0.39, 0.29) is 5.69 Å². The molecule has 13 heavy (non-hydrogen) atoms. The van der Waals surface area contributed by atoms with Crippen LogP contribution in [0.4, 0.5) is 6.01 Å². The molecule has 1 N–H and O–H groups in total. The molecule has 2 rings (SSSR count). The molecule has 0 bridgehead atoms. The van der Waals surface area contributed by atoms with E-state index in [0.717, 1.165) is 19.4 Å². The van der Waals surface area contributed by atoms with Gasteiger partial charge in [0, 0.05) is 13.1 Å². The van der Waals surface area contributed by atoms with Gasteiger partial charge in [-0.3, -0.25) is 0 Å². The van der Waals surface area contributed by atoms with E-state index in [1.807, 2.05) is 17.1 Å². The number of carboxylic acid groups (broad SMARTS) is 1. The van der Waals surface area contributed by atoms with E-state index >= 15 is 0 Å². The highest BCUT2D eigenvalue weighted by molar-refractivity contribution is 5.85. The SMILES string of the molecule is O=C(O)c1coc(N2CC=CC2)n1. The summed E-state index contributed by atoms with van der Waals surface area (Å²) in [6.45, 7) is 1.44. The average molecular weight is 180 g/mol. The molecule has 68 valence electrons. The van der Waals surface area contributed by atoms with Crippen molar-refractivity contribution >= 4 is 12.0 Å². The molecule has 0 aliphatic carbocycles. The Kier molecular flexibility index (Phi) is 1.77. The van der Waals surface area contributed by atoms with E-state index in [1.54, 1.807) is 0 Å². The summed E-state index contributed by atoms with van der Waals surface area (Å²) in [7, 11) is 0. The number of oxazole rings is 1. The minimum atomic E-state index is -1.07. The Morgan fingerprint density at radius 1 is 1.54 bits per heavy atom. The molecule has 1 aromatic heterocycles. The predicted molar refractivity (Wildman–Crippen MR) is 44.8 cm³/mol. The quantitative estimate of drug-likeness (QED) is 0.680. The molecule has 2 heterocycles. The predicted octanol–water partition coefficient (Wildman–Crippen LogP) is 0.749. The number of hydrogen-bond donors (Lipinski definition) is 1. The van der Waals surface area contributed by atoms with Crippen molar-refractivity contribution in [2.45, 2.75) is 0 Å². The highest BCUT2D eigenvalue weighted by atomic mass is 16.4. The van der Waals surface area contributed by atoms with Crippen LogP contribution in [0.15, 0.2) is 22.8 Å². The zero-order chi connectivity index (χ0) is 9.26. The number of aromatic carboxylic acids is 1. The number of carbonyl (C=O) groups is 1. The molecule has 0 aromatic carbocycles. The molecular formula is C8H8N2O3. The Labute approximate surface area is 74.3 Å². The van der Waals surface area contributed by atoms with Gasteiger partial charge < -0.3 is 14.4 Å². The van der Waals surface area contributed by atoms with Crippen LogP contribution in [0.25, 0.3) is 0 Å². The summed E-state index contributed by atoms with van der Waals surface area (Å²) in [6.07, 6.45) is 5.10. The number of nitrogens with zero attached hydrogens (tertiary/aromatic N) is 2. The van der Waals surface area contributed by atoms with Gasteiger partial charge in [-0.1, -0.05) is 12.2 Å². The zero-order valence-electron chi connectivity index (χ0n) is 6.80. The molecule has 0 saturated carbocycles. The molecule has 0 unspecified atom stereocenters. The Balaban J connectivity index is 2.17. The van der Waals surface area contributed by atoms with E-state index < -0.39 is 5.97 Å². The van der Waals surface area contributed by atoms with Gasteiger partial charge in [-0.25, -0.2) is 4.79 Å². The summed E-state index contributed by atoms with van der Waals surface area (Å²) >= 11 is 0. The van der Waals surface area contributed by atoms with Crippen molar-refractivity contribution in [2.24, 2.45) is 0 Å². The highest BCUT2D eigenvalue weighted by Crippen LogP contribution is 2.15. The molecule has 1 aromatic rings. The first kappa shape index (κ1) is 7.85. The van der Waals surface area contributed by atoms with Gasteiger partial charge in [0.2, 0.25) is 0 Å². The summed E-state index contributed by atoms with van der Waals surface area (Å²) in [5.41, 5.74) is -0.0538. The normalized spacial score (nSPS) is 15.2. The second-order valence-electron chi connectivity index (χ2n) is 2.70. The summed E-state index contributed by atoms with van der Waals surface area (Å²) < 4.78 is 5.00. The van der Waals surface area contributed by atoms with Crippen molar-refractivity contribution in [1.29, 1.82) is 0 Å². The Hall–Kier alpha value is -1.78. The molecule has 0 amide bonds. The molecule has 0 saturated heterocycles. The molecular weight excluding hydrogens is 172 g/mol. The van der Waals surface area contributed by atoms with Crippen LogP contribution in [0.5, 0.6) is 0 Å². The summed E-state index contributed by atoms with van der Waals surface area (Å²) in [6, 6.07) is 0.363. The van der Waals surface area contributed by atoms with Gasteiger partial charge in [-0.05, 0) is 0 Å². The van der Waals surface area contributed by atoms with Crippen LogP contribution in [-0.4, -0.2) is 29.1 Å². The van der Waals surface area contributed by atoms with E-state index in [1.165, 1.54) is 0 Å². The Morgan fingerprint density at radius 2 is 2.23 bits per heavy atom. The molecule has 0 fully saturated rings. The highest BCUT2D eigenvalue weighted by Gasteiger charge is 2.16. The molecule has 0 radical (unpaired) electrons. The molecule has 5 heteroatoms. The van der Waals surface area contributed by atoms with Gasteiger partial charge in [0.25, 0.3) is 6.01 Å². The standard InChI is InChI=1S/C8H8N2O3/c11-7(12)6-5-13-8(9-6)10-3-1-2-4-10/h1-2,5H,3-4H2,(H,11,12). The summed E-state index contributed by atoms with van der Waals surface area (Å²) in [5.74, 6) is -1.07. The van der Waals surface area contributed by atoms with Gasteiger partial charge in [-0.15, -0.1) is 0 Å². The van der Waals surface area contributed by atoms with Crippen molar-refractivity contribution in [2.75, 3.05) is 18.0 Å². The van der Waals surface area contributed by atoms with Gasteiger partial charge in [0.15, 0.2) is 5.69 Å². The van der Waals surface area contributed by atoms with E-state index in [9.17, 15) is 4.79 Å². The first-order chi connectivity index (χ1) is 6.27. The fourth-order valence-electron chi connectivity index (χ4n) is 1.14. The van der Waals surface area contributed by atoms with Gasteiger partial charge in [-0.2, -0.15) is 4.98 Å². The van der Waals surface area contributed by atoms with E-state index in [4.69, 9.17) is 9.52 Å². The van der Waals surface area contributed by atoms with Crippen LogP contribution in [0, 0.1) is 0 Å². The van der Waals surface area contributed by atoms with Crippen LogP contribution in [-0.2, 0) is 0 Å². The number of anilines is 1. The molecule has 5 nitrogen and oxygen atoms in total. The van der Waals surface area contributed by atoms with Crippen LogP contribution in [0.1, 0.15) is 10.5 Å². The van der Waals surface area contributed by atoms with E-state index in [0.29, 0.717) is 6.01 Å². The largest absolute Gasteiger partial charge is 0.476 e. The molecule has 1 aliphatic rings. The van der Waals surface area contributed by atoms with Crippen LogP contribution in [0.3, 0.4) is 0 Å². The second kappa shape index (κ2) is 2.93. The zero-order valence-corrected chi connectivity index (χ0v) is 6.80. The fraction of sp³-hybridized carbons (Fsp3) is 0.250. The first-order valence-electron chi connectivity index (χ1n) is 3.86. The third-order valence-electron chi connectivity index (χ3n) is 1.80. The maximum Gasteiger partial charge on any atom is 0.357 e. The van der Waals surface area contributed by atoms with Crippen LogP contribution < -0.4 is 4.90 Å². The summed E-state index contributed by atoms with van der Waals surface area (Å²) in [4.78, 5) is 16.1. The van der Waals surface area contributed by atoms with Crippen molar-refractivity contribution in [3.8, 4) is 0 Å². The number of hydrogen-bond acceptors (Lipinski definition) is 4. The maximum atomic E-state index is 10.5. The third kappa shape index (κ3) is 1.40.